The third-order valence-corrected chi connectivity index (χ3v) is 3.91. The van der Waals surface area contributed by atoms with Gasteiger partial charge < -0.3 is 14.7 Å². The summed E-state index contributed by atoms with van der Waals surface area (Å²) < 4.78 is 5.40. The van der Waals surface area contributed by atoms with E-state index in [2.05, 4.69) is 4.90 Å². The predicted molar refractivity (Wildman–Crippen MR) is 73.5 cm³/mol. The van der Waals surface area contributed by atoms with E-state index in [0.717, 1.165) is 13.0 Å². The second kappa shape index (κ2) is 5.24. The van der Waals surface area contributed by atoms with Crippen molar-refractivity contribution in [1.82, 2.24) is 9.80 Å². The molecule has 6 heteroatoms. The summed E-state index contributed by atoms with van der Waals surface area (Å²) in [5, 5.41) is 8.97. The lowest BCUT2D eigenvalue weighted by Crippen LogP contribution is -2.51. The summed E-state index contributed by atoms with van der Waals surface area (Å²) in [5.41, 5.74) is -0.476. The number of nitrogens with zero attached hydrogens (tertiary/aromatic N) is 2. The number of carbonyl (C=O) groups excluding carboxylic acids is 1. The van der Waals surface area contributed by atoms with Crippen LogP contribution < -0.4 is 0 Å². The van der Waals surface area contributed by atoms with E-state index in [0.29, 0.717) is 13.1 Å². The zero-order valence-electron chi connectivity index (χ0n) is 12.6. The first-order chi connectivity index (χ1) is 9.17. The first-order valence-corrected chi connectivity index (χ1v) is 7.14. The van der Waals surface area contributed by atoms with Crippen LogP contribution in [0.15, 0.2) is 0 Å². The number of ether oxygens (including phenoxy) is 1. The number of likely N-dealkylation sites (tertiary alicyclic amines) is 2. The van der Waals surface area contributed by atoms with Gasteiger partial charge in [-0.3, -0.25) is 9.69 Å². The van der Waals surface area contributed by atoms with Crippen molar-refractivity contribution < 1.29 is 19.4 Å². The van der Waals surface area contributed by atoms with Gasteiger partial charge in [0.05, 0.1) is 5.92 Å². The molecule has 6 nitrogen and oxygen atoms in total. The van der Waals surface area contributed by atoms with E-state index in [-0.39, 0.29) is 24.1 Å². The van der Waals surface area contributed by atoms with Crippen LogP contribution in [0, 0.1) is 5.92 Å². The number of fused-ring (bicyclic) bond motifs is 2. The number of rotatable bonds is 3. The van der Waals surface area contributed by atoms with E-state index >= 15 is 0 Å². The van der Waals surface area contributed by atoms with E-state index in [4.69, 9.17) is 9.84 Å². The average Bonchev–Trinajstić information content (AvgIpc) is 2.85. The van der Waals surface area contributed by atoms with Crippen LogP contribution in [-0.2, 0) is 9.53 Å². The number of aliphatic carboxylic acids is 1. The molecule has 20 heavy (non-hydrogen) atoms. The molecule has 2 fully saturated rings. The standard InChI is InChI=1S/C14H24N2O4/c1-9(12(17)18)6-15-7-11-5-10(15)8-16(11)13(19)20-14(2,3)4/h9-11H,5-8H2,1-4H3,(H,17,18). The number of hydrogen-bond acceptors (Lipinski definition) is 4. The molecular weight excluding hydrogens is 260 g/mol. The molecule has 0 radical (unpaired) electrons. The minimum Gasteiger partial charge on any atom is -0.481 e. The summed E-state index contributed by atoms with van der Waals surface area (Å²) in [5.74, 6) is -1.14. The van der Waals surface area contributed by atoms with Gasteiger partial charge in [-0.1, -0.05) is 6.92 Å². The summed E-state index contributed by atoms with van der Waals surface area (Å²) in [4.78, 5) is 27.0. The third-order valence-electron chi connectivity index (χ3n) is 3.91. The molecule has 0 aromatic rings. The lowest BCUT2D eigenvalue weighted by atomic mass is 10.1. The molecule has 1 N–H and O–H groups in total. The number of carboxylic acids is 1. The fraction of sp³-hybridized carbons (Fsp3) is 0.857. The highest BCUT2D eigenvalue weighted by Gasteiger charge is 2.46. The Kier molecular flexibility index (Phi) is 3.95. The molecule has 0 aromatic heterocycles. The summed E-state index contributed by atoms with van der Waals surface area (Å²) in [6.45, 7) is 9.26. The number of hydrogen-bond donors (Lipinski definition) is 1. The maximum atomic E-state index is 12.1. The summed E-state index contributed by atoms with van der Waals surface area (Å²) in [6, 6.07) is 0.435. The highest BCUT2D eigenvalue weighted by molar-refractivity contribution is 5.70. The van der Waals surface area contributed by atoms with Crippen LogP contribution in [0.2, 0.25) is 0 Å². The minimum absolute atomic E-state index is 0.163. The van der Waals surface area contributed by atoms with Gasteiger partial charge in [-0.05, 0) is 27.2 Å². The number of piperazine rings is 1. The van der Waals surface area contributed by atoms with Crippen molar-refractivity contribution in [1.29, 1.82) is 0 Å². The van der Waals surface area contributed by atoms with Crippen LogP contribution in [0.25, 0.3) is 0 Å². The largest absolute Gasteiger partial charge is 0.481 e. The molecule has 2 aliphatic rings. The van der Waals surface area contributed by atoms with Gasteiger partial charge in [0.15, 0.2) is 0 Å². The van der Waals surface area contributed by atoms with Crippen LogP contribution in [0.1, 0.15) is 34.1 Å². The average molecular weight is 284 g/mol. The fourth-order valence-corrected chi connectivity index (χ4v) is 2.95. The smallest absolute Gasteiger partial charge is 0.410 e. The van der Waals surface area contributed by atoms with Gasteiger partial charge in [-0.15, -0.1) is 0 Å². The Morgan fingerprint density at radius 1 is 1.30 bits per heavy atom. The first-order valence-electron chi connectivity index (χ1n) is 7.14. The Hall–Kier alpha value is -1.30. The molecular formula is C14H24N2O4. The second-order valence-corrected chi connectivity index (χ2v) is 6.87. The van der Waals surface area contributed by atoms with Crippen LogP contribution in [0.3, 0.4) is 0 Å². The van der Waals surface area contributed by atoms with Crippen molar-refractivity contribution >= 4 is 12.1 Å². The second-order valence-electron chi connectivity index (χ2n) is 6.87. The van der Waals surface area contributed by atoms with E-state index < -0.39 is 11.6 Å². The zero-order valence-corrected chi connectivity index (χ0v) is 12.6. The van der Waals surface area contributed by atoms with Crippen LogP contribution in [0.5, 0.6) is 0 Å². The minimum atomic E-state index is -0.767. The van der Waals surface area contributed by atoms with Gasteiger partial charge in [-0.2, -0.15) is 0 Å². The lowest BCUT2D eigenvalue weighted by molar-refractivity contribution is -0.142. The Bertz CT molecular complexity index is 404. The van der Waals surface area contributed by atoms with Crippen molar-refractivity contribution in [2.45, 2.75) is 51.8 Å². The Morgan fingerprint density at radius 3 is 2.40 bits per heavy atom. The van der Waals surface area contributed by atoms with Gasteiger partial charge in [-0.25, -0.2) is 4.79 Å². The highest BCUT2D eigenvalue weighted by atomic mass is 16.6. The Morgan fingerprint density at radius 2 is 1.95 bits per heavy atom. The number of carbonyl (C=O) groups is 2. The van der Waals surface area contributed by atoms with Crippen molar-refractivity contribution in [2.24, 2.45) is 5.92 Å². The maximum Gasteiger partial charge on any atom is 0.410 e. The van der Waals surface area contributed by atoms with Crippen molar-refractivity contribution in [3.05, 3.63) is 0 Å². The van der Waals surface area contributed by atoms with Crippen molar-refractivity contribution in [3.63, 3.8) is 0 Å². The fourth-order valence-electron chi connectivity index (χ4n) is 2.95. The van der Waals surface area contributed by atoms with E-state index in [1.807, 2.05) is 20.8 Å². The summed E-state index contributed by atoms with van der Waals surface area (Å²) in [6.07, 6.45) is 0.668. The molecule has 2 bridgehead atoms. The lowest BCUT2D eigenvalue weighted by Gasteiger charge is -2.35. The molecule has 114 valence electrons. The third kappa shape index (κ3) is 3.23. The molecule has 2 saturated heterocycles. The molecule has 0 spiro atoms. The Balaban J connectivity index is 1.88. The molecule has 0 saturated carbocycles. The summed E-state index contributed by atoms with van der Waals surface area (Å²) in [7, 11) is 0. The maximum absolute atomic E-state index is 12.1. The quantitative estimate of drug-likeness (QED) is 0.848. The van der Waals surface area contributed by atoms with Crippen molar-refractivity contribution in [3.8, 4) is 0 Å². The first kappa shape index (κ1) is 15.1. The monoisotopic (exact) mass is 284 g/mol. The summed E-state index contributed by atoms with van der Waals surface area (Å²) >= 11 is 0. The SMILES string of the molecule is CC(CN1CC2CC1CN2C(=O)OC(C)(C)C)C(=O)O. The molecule has 3 unspecified atom stereocenters. The van der Waals surface area contributed by atoms with Crippen LogP contribution in [0.4, 0.5) is 4.79 Å². The van der Waals surface area contributed by atoms with Crippen molar-refractivity contribution in [2.75, 3.05) is 19.6 Å². The van der Waals surface area contributed by atoms with E-state index in [1.165, 1.54) is 0 Å². The van der Waals surface area contributed by atoms with Gasteiger partial charge in [0.1, 0.15) is 5.60 Å². The van der Waals surface area contributed by atoms with Crippen LogP contribution in [-0.4, -0.2) is 64.3 Å². The molecule has 3 atom stereocenters. The van der Waals surface area contributed by atoms with E-state index in [9.17, 15) is 9.59 Å². The number of carboxylic acid groups (broad SMARTS) is 1. The van der Waals surface area contributed by atoms with Gasteiger partial charge >= 0.3 is 12.1 Å². The molecule has 1 amide bonds. The topological polar surface area (TPSA) is 70.1 Å². The highest BCUT2D eigenvalue weighted by Crippen LogP contribution is 2.32. The van der Waals surface area contributed by atoms with Gasteiger partial charge in [0.2, 0.25) is 0 Å². The molecule has 0 aliphatic carbocycles. The Labute approximate surface area is 119 Å². The predicted octanol–water partition coefficient (Wildman–Crippen LogP) is 1.40. The number of amides is 1. The van der Waals surface area contributed by atoms with Gasteiger partial charge in [0.25, 0.3) is 0 Å². The normalized spacial score (nSPS) is 27.7. The van der Waals surface area contributed by atoms with Gasteiger partial charge in [0, 0.05) is 31.7 Å². The zero-order chi connectivity index (χ0) is 15.1. The molecule has 2 rings (SSSR count). The van der Waals surface area contributed by atoms with Crippen LogP contribution >= 0.6 is 0 Å². The molecule has 2 heterocycles. The van der Waals surface area contributed by atoms with E-state index in [1.54, 1.807) is 11.8 Å². The molecule has 2 aliphatic heterocycles. The molecule has 0 aromatic carbocycles.